The second kappa shape index (κ2) is 11.3. The van der Waals surface area contributed by atoms with E-state index in [0.717, 1.165) is 23.3 Å². The Labute approximate surface area is 226 Å². The van der Waals surface area contributed by atoms with E-state index in [-0.39, 0.29) is 29.0 Å². The molecule has 5 N–H and O–H groups in total. The van der Waals surface area contributed by atoms with Crippen LogP contribution in [0.3, 0.4) is 0 Å². The molecule has 17 nitrogen and oxygen atoms in total. The van der Waals surface area contributed by atoms with Crippen LogP contribution in [0.25, 0.3) is 0 Å². The van der Waals surface area contributed by atoms with Gasteiger partial charge in [-0.1, -0.05) is 23.0 Å². The molecule has 3 atom stereocenters. The molecule has 202 valence electrons. The number of carbonyl (C=O) groups excluding carboxylic acids is 2. The van der Waals surface area contributed by atoms with E-state index in [1.807, 2.05) is 0 Å². The number of hydrogen-bond acceptors (Lipinski definition) is 15. The van der Waals surface area contributed by atoms with Gasteiger partial charge in [-0.25, -0.2) is 9.48 Å². The quantitative estimate of drug-likeness (QED) is 0.0719. The van der Waals surface area contributed by atoms with Crippen molar-refractivity contribution in [2.45, 2.75) is 23.1 Å². The molecular weight excluding hydrogens is 564 g/mol. The third kappa shape index (κ3) is 5.55. The summed E-state index contributed by atoms with van der Waals surface area (Å²) in [6, 6.07) is -0.979. The molecule has 2 aliphatic rings. The highest BCUT2D eigenvalue weighted by Gasteiger charge is 2.57. The third-order valence-corrected chi connectivity index (χ3v) is 8.75. The fourth-order valence-corrected chi connectivity index (χ4v) is 6.70. The summed E-state index contributed by atoms with van der Waals surface area (Å²) in [6.07, 6.45) is 1.61. The Balaban J connectivity index is 1.43. The van der Waals surface area contributed by atoms with Gasteiger partial charge in [-0.2, -0.15) is 9.36 Å². The van der Waals surface area contributed by atoms with E-state index in [0.29, 0.717) is 11.7 Å². The summed E-state index contributed by atoms with van der Waals surface area (Å²) in [5.74, 6) is -3.70. The molecule has 2 aromatic rings. The zero-order valence-electron chi connectivity index (χ0n) is 19.3. The molecule has 2 amide bonds. The molecule has 4 heterocycles. The number of allylic oxidation sites excluding steroid dienone is 1. The van der Waals surface area contributed by atoms with Crippen molar-refractivity contribution in [3.63, 3.8) is 0 Å². The van der Waals surface area contributed by atoms with Crippen molar-refractivity contribution >= 4 is 69.7 Å². The minimum Gasteiger partial charge on any atom is -0.481 e. The smallest absolute Gasteiger partial charge is 0.344 e. The van der Waals surface area contributed by atoms with Crippen LogP contribution in [0.2, 0.25) is 0 Å². The van der Waals surface area contributed by atoms with Gasteiger partial charge in [0.2, 0.25) is 29.2 Å². The fourth-order valence-electron chi connectivity index (χ4n) is 3.52. The lowest BCUT2D eigenvalue weighted by Gasteiger charge is -2.53. The number of carboxylic acids is 2. The number of aliphatic carboxylic acids is 2. The number of anilines is 1. The van der Waals surface area contributed by atoms with Crippen LogP contribution in [-0.2, 0) is 30.6 Å². The number of thioether (sulfide) groups is 2. The van der Waals surface area contributed by atoms with Gasteiger partial charge in [-0.3, -0.25) is 14.4 Å². The molecule has 2 aliphatic heterocycles. The molecule has 0 bridgehead atoms. The lowest BCUT2D eigenvalue weighted by molar-refractivity contribution is -0.157. The minimum absolute atomic E-state index is 0.0360. The SMILES string of the molecule is C=CCn1nnnc1SCC1(C(=O)O)CS[C@@H]2C(NC(=O)C(=NOCC(=O)O)c3nsc(N)n3)C(=O)N2C1. The maximum Gasteiger partial charge on any atom is 0.344 e. The van der Waals surface area contributed by atoms with Crippen LogP contribution in [-0.4, -0.2) is 110 Å². The van der Waals surface area contributed by atoms with Crippen LogP contribution >= 0.6 is 35.1 Å². The minimum atomic E-state index is -1.32. The number of aromatic nitrogens is 6. The summed E-state index contributed by atoms with van der Waals surface area (Å²) in [7, 11) is 0. The number of nitrogens with zero attached hydrogens (tertiary/aromatic N) is 8. The Morgan fingerprint density at radius 3 is 2.84 bits per heavy atom. The van der Waals surface area contributed by atoms with Crippen molar-refractivity contribution < 1.29 is 34.2 Å². The first kappa shape index (κ1) is 27.3. The molecule has 4 rings (SSSR count). The molecule has 20 heteroatoms. The number of nitrogen functional groups attached to an aromatic ring is 1. The maximum atomic E-state index is 12.9. The Bertz CT molecular complexity index is 1300. The van der Waals surface area contributed by atoms with Crippen molar-refractivity contribution in [3.8, 4) is 0 Å². The van der Waals surface area contributed by atoms with Gasteiger partial charge >= 0.3 is 11.9 Å². The van der Waals surface area contributed by atoms with Crippen LogP contribution < -0.4 is 11.1 Å². The van der Waals surface area contributed by atoms with Crippen LogP contribution in [0.4, 0.5) is 5.13 Å². The maximum absolute atomic E-state index is 12.9. The zero-order chi connectivity index (χ0) is 27.4. The molecule has 0 spiro atoms. The molecule has 0 saturated carbocycles. The molecular formula is C18H20N10O7S3. The number of nitrogens with two attached hydrogens (primary N) is 1. The number of carboxylic acid groups (broad SMARTS) is 2. The van der Waals surface area contributed by atoms with Gasteiger partial charge in [0.05, 0.1) is 6.54 Å². The lowest BCUT2D eigenvalue weighted by Crippen LogP contribution is -2.74. The first-order valence-corrected chi connectivity index (χ1v) is 13.4. The molecule has 0 radical (unpaired) electrons. The van der Waals surface area contributed by atoms with E-state index in [1.165, 1.54) is 21.3 Å². The summed E-state index contributed by atoms with van der Waals surface area (Å²) >= 11 is 3.16. The molecule has 2 fully saturated rings. The molecule has 38 heavy (non-hydrogen) atoms. The van der Waals surface area contributed by atoms with Crippen LogP contribution in [0.1, 0.15) is 5.82 Å². The van der Waals surface area contributed by atoms with E-state index < -0.39 is 52.9 Å². The summed E-state index contributed by atoms with van der Waals surface area (Å²) in [5.41, 5.74) is 3.83. The molecule has 0 aliphatic carbocycles. The van der Waals surface area contributed by atoms with Crippen molar-refractivity contribution in [1.29, 1.82) is 0 Å². The Morgan fingerprint density at radius 2 is 2.18 bits per heavy atom. The number of fused-ring (bicyclic) bond motifs is 1. The number of amides is 2. The number of rotatable bonds is 12. The first-order chi connectivity index (χ1) is 18.1. The molecule has 2 saturated heterocycles. The van der Waals surface area contributed by atoms with Gasteiger partial charge in [0.25, 0.3) is 5.91 Å². The highest BCUT2D eigenvalue weighted by Crippen LogP contribution is 2.44. The topological polar surface area (TPSA) is 241 Å². The van der Waals surface area contributed by atoms with Crippen molar-refractivity contribution in [1.82, 2.24) is 39.8 Å². The number of nitrogens with one attached hydrogen (secondary N) is 1. The lowest BCUT2D eigenvalue weighted by atomic mass is 9.89. The van der Waals surface area contributed by atoms with Gasteiger partial charge in [0, 0.05) is 29.6 Å². The predicted molar refractivity (Wildman–Crippen MR) is 133 cm³/mol. The predicted octanol–water partition coefficient (Wildman–Crippen LogP) is -1.64. The third-order valence-electron chi connectivity index (χ3n) is 5.38. The first-order valence-electron chi connectivity index (χ1n) is 10.6. The second-order valence-electron chi connectivity index (χ2n) is 7.99. The number of tetrazole rings is 1. The number of hydrogen-bond donors (Lipinski definition) is 4. The second-order valence-corrected chi connectivity index (χ2v) is 10.8. The average Bonchev–Trinajstić information content (AvgIpc) is 3.52. The van der Waals surface area contributed by atoms with Crippen molar-refractivity contribution in [2.75, 3.05) is 30.4 Å². The summed E-state index contributed by atoms with van der Waals surface area (Å²) in [4.78, 5) is 58.8. The Hall–Kier alpha value is -3.78. The highest BCUT2D eigenvalue weighted by molar-refractivity contribution is 8.00. The van der Waals surface area contributed by atoms with Crippen LogP contribution in [0.5, 0.6) is 0 Å². The van der Waals surface area contributed by atoms with Crippen LogP contribution in [0, 0.1) is 5.41 Å². The zero-order valence-corrected chi connectivity index (χ0v) is 21.7. The van der Waals surface area contributed by atoms with Crippen molar-refractivity contribution in [2.24, 2.45) is 10.6 Å². The number of oxime groups is 1. The van der Waals surface area contributed by atoms with Gasteiger partial charge < -0.3 is 31.0 Å². The van der Waals surface area contributed by atoms with E-state index in [2.05, 4.69) is 46.8 Å². The molecule has 2 aromatic heterocycles. The van der Waals surface area contributed by atoms with E-state index in [9.17, 15) is 24.3 Å². The number of β-lactam (4-membered cyclic amide) rings is 1. The van der Waals surface area contributed by atoms with Gasteiger partial charge in [-0.05, 0) is 10.4 Å². The van der Waals surface area contributed by atoms with E-state index in [4.69, 9.17) is 10.8 Å². The van der Waals surface area contributed by atoms with Gasteiger partial charge in [0.15, 0.2) is 5.13 Å². The molecule has 0 aromatic carbocycles. The molecule has 2 unspecified atom stereocenters. The average molecular weight is 585 g/mol. The number of carbonyl (C=O) groups is 4. The Morgan fingerprint density at radius 1 is 1.39 bits per heavy atom. The summed E-state index contributed by atoms with van der Waals surface area (Å²) in [5, 5.41) is 36.1. The monoisotopic (exact) mass is 584 g/mol. The Kier molecular flexibility index (Phi) is 8.11. The largest absolute Gasteiger partial charge is 0.481 e. The fraction of sp³-hybridized carbons (Fsp3) is 0.444. The van der Waals surface area contributed by atoms with Crippen molar-refractivity contribution in [3.05, 3.63) is 18.5 Å². The van der Waals surface area contributed by atoms with Crippen LogP contribution in [0.15, 0.2) is 23.0 Å². The summed E-state index contributed by atoms with van der Waals surface area (Å²) < 4.78 is 5.36. The van der Waals surface area contributed by atoms with E-state index >= 15 is 0 Å². The standard InChI is InChI=1S/C18H20N10O7S3/c1-2-3-28-17(22-25-26-28)37-7-18(15(33)34)5-27-13(32)10(14(27)36-6-18)20-12(31)9(23-35-4-8(29)30)11-21-16(19)38-24-11/h2,10,14H,1,3-7H2,(H,20,31)(H,29,30)(H,33,34)(H2,19,21,24)/t10?,14-,18?/m1/s1. The van der Waals surface area contributed by atoms with Gasteiger partial charge in [-0.15, -0.1) is 23.4 Å². The summed E-state index contributed by atoms with van der Waals surface area (Å²) in [6.45, 7) is 3.09. The highest BCUT2D eigenvalue weighted by atomic mass is 32.2. The van der Waals surface area contributed by atoms with Gasteiger partial charge in [0.1, 0.15) is 16.8 Å². The normalized spacial score (nSPS) is 22.8. The van der Waals surface area contributed by atoms with E-state index in [1.54, 1.807) is 6.08 Å².